The number of para-hydroxylation sites is 1. The monoisotopic (exact) mass is 342 g/mol. The maximum atomic E-state index is 12.4. The summed E-state index contributed by atoms with van der Waals surface area (Å²) >= 11 is 0. The lowest BCUT2D eigenvalue weighted by atomic mass is 9.97. The summed E-state index contributed by atoms with van der Waals surface area (Å²) in [4.78, 5) is 30.2. The first-order valence-corrected chi connectivity index (χ1v) is 8.60. The van der Waals surface area contributed by atoms with Crippen molar-refractivity contribution in [3.8, 4) is 5.75 Å². The molecule has 132 valence electrons. The maximum Gasteiger partial charge on any atom is 0.309 e. The van der Waals surface area contributed by atoms with Gasteiger partial charge in [-0.15, -0.1) is 0 Å². The molecule has 3 rings (SSSR count). The van der Waals surface area contributed by atoms with E-state index in [1.807, 2.05) is 24.3 Å². The van der Waals surface area contributed by atoms with Crippen LogP contribution in [0.5, 0.6) is 5.75 Å². The van der Waals surface area contributed by atoms with Crippen LogP contribution in [0.2, 0.25) is 0 Å². The Bertz CT molecular complexity index is 749. The van der Waals surface area contributed by atoms with E-state index in [0.29, 0.717) is 38.3 Å². The first-order valence-electron chi connectivity index (χ1n) is 8.60. The van der Waals surface area contributed by atoms with Crippen LogP contribution in [0.15, 0.2) is 36.5 Å². The summed E-state index contributed by atoms with van der Waals surface area (Å²) in [6.07, 6.45) is 2.96. The number of carbonyl (C=O) groups is 2. The molecule has 0 bridgehead atoms. The quantitative estimate of drug-likeness (QED) is 0.781. The van der Waals surface area contributed by atoms with Gasteiger partial charge in [0.2, 0.25) is 0 Å². The molecule has 0 atom stereocenters. The first kappa shape index (κ1) is 17.2. The highest BCUT2D eigenvalue weighted by molar-refractivity contribution is 5.85. The van der Waals surface area contributed by atoms with E-state index in [4.69, 9.17) is 9.47 Å². The van der Waals surface area contributed by atoms with Gasteiger partial charge in [-0.25, -0.2) is 0 Å². The molecule has 2 heterocycles. The highest BCUT2D eigenvalue weighted by Gasteiger charge is 2.28. The van der Waals surface area contributed by atoms with Crippen molar-refractivity contribution in [2.75, 3.05) is 26.3 Å². The predicted molar refractivity (Wildman–Crippen MR) is 93.2 cm³/mol. The minimum Gasteiger partial charge on any atom is -0.483 e. The fourth-order valence-corrected chi connectivity index (χ4v) is 3.05. The Balaban J connectivity index is 1.54. The van der Waals surface area contributed by atoms with Crippen LogP contribution in [0, 0.1) is 5.92 Å². The highest BCUT2D eigenvalue weighted by Crippen LogP contribution is 2.24. The molecule has 6 nitrogen and oxygen atoms in total. The summed E-state index contributed by atoms with van der Waals surface area (Å²) in [7, 11) is 0. The Labute approximate surface area is 146 Å². The topological polar surface area (TPSA) is 68.7 Å². The number of ether oxygens (including phenoxy) is 2. The molecule has 0 saturated carbocycles. The molecule has 0 unspecified atom stereocenters. The number of aromatic nitrogens is 1. The van der Waals surface area contributed by atoms with E-state index in [-0.39, 0.29) is 24.4 Å². The molecule has 1 fully saturated rings. The van der Waals surface area contributed by atoms with Crippen molar-refractivity contribution in [2.45, 2.75) is 19.8 Å². The first-order chi connectivity index (χ1) is 12.2. The van der Waals surface area contributed by atoms with Crippen molar-refractivity contribution in [1.82, 2.24) is 9.88 Å². The van der Waals surface area contributed by atoms with Crippen molar-refractivity contribution in [3.63, 3.8) is 0 Å². The van der Waals surface area contributed by atoms with E-state index < -0.39 is 0 Å². The molecule has 25 heavy (non-hydrogen) atoms. The minimum atomic E-state index is -0.158. The summed E-state index contributed by atoms with van der Waals surface area (Å²) in [5, 5.41) is 0.888. The van der Waals surface area contributed by atoms with Gasteiger partial charge in [0.05, 0.1) is 18.0 Å². The number of hydrogen-bond donors (Lipinski definition) is 0. The third-order valence-electron chi connectivity index (χ3n) is 4.43. The van der Waals surface area contributed by atoms with Crippen molar-refractivity contribution >= 4 is 22.8 Å². The van der Waals surface area contributed by atoms with Gasteiger partial charge in [0, 0.05) is 24.7 Å². The molecule has 0 N–H and O–H groups in total. The zero-order valence-electron chi connectivity index (χ0n) is 14.3. The molecule has 1 aromatic heterocycles. The molecule has 1 aliphatic heterocycles. The molecular weight excluding hydrogens is 320 g/mol. The third kappa shape index (κ3) is 4.07. The van der Waals surface area contributed by atoms with Crippen LogP contribution in [0.3, 0.4) is 0 Å². The molecular formula is C19H22N2O4. The van der Waals surface area contributed by atoms with E-state index in [2.05, 4.69) is 4.98 Å². The van der Waals surface area contributed by atoms with Gasteiger partial charge < -0.3 is 14.4 Å². The normalized spacial score (nSPS) is 15.2. The summed E-state index contributed by atoms with van der Waals surface area (Å²) in [5.41, 5.74) is 0.836. The van der Waals surface area contributed by atoms with Crippen LogP contribution in [-0.2, 0) is 14.3 Å². The van der Waals surface area contributed by atoms with E-state index >= 15 is 0 Å². The molecule has 6 heteroatoms. The smallest absolute Gasteiger partial charge is 0.309 e. The van der Waals surface area contributed by atoms with E-state index in [0.717, 1.165) is 10.9 Å². The Morgan fingerprint density at radius 1 is 1.20 bits per heavy atom. The summed E-state index contributed by atoms with van der Waals surface area (Å²) < 4.78 is 10.8. The highest BCUT2D eigenvalue weighted by atomic mass is 16.5. The number of piperidine rings is 1. The second-order valence-electron chi connectivity index (χ2n) is 6.02. The SMILES string of the molecule is CCOC(=O)C1CCN(C(=O)COc2ccnc3ccccc23)CC1. The minimum absolute atomic E-state index is 0.0158. The predicted octanol–water partition coefficient (Wildman–Crippen LogP) is 2.42. The molecule has 2 aromatic rings. The average molecular weight is 342 g/mol. The van der Waals surface area contributed by atoms with Crippen LogP contribution in [0.4, 0.5) is 0 Å². The Morgan fingerprint density at radius 2 is 1.96 bits per heavy atom. The number of fused-ring (bicyclic) bond motifs is 1. The van der Waals surface area contributed by atoms with Gasteiger partial charge in [0.25, 0.3) is 5.91 Å². The number of benzene rings is 1. The standard InChI is InChI=1S/C19H22N2O4/c1-2-24-19(23)14-8-11-21(12-9-14)18(22)13-25-17-7-10-20-16-6-4-3-5-15(16)17/h3-7,10,14H,2,8-9,11-13H2,1H3. The van der Waals surface area contributed by atoms with Crippen LogP contribution >= 0.6 is 0 Å². The number of esters is 1. The zero-order chi connectivity index (χ0) is 17.6. The number of amides is 1. The number of nitrogens with zero attached hydrogens (tertiary/aromatic N) is 2. The number of rotatable bonds is 5. The molecule has 0 radical (unpaired) electrons. The van der Waals surface area contributed by atoms with E-state index in [1.54, 1.807) is 24.1 Å². The average Bonchev–Trinajstić information content (AvgIpc) is 2.66. The number of pyridine rings is 1. The molecule has 1 aliphatic rings. The van der Waals surface area contributed by atoms with Crippen LogP contribution < -0.4 is 4.74 Å². The molecule has 0 spiro atoms. The van der Waals surface area contributed by atoms with Gasteiger partial charge in [-0.1, -0.05) is 12.1 Å². The second-order valence-corrected chi connectivity index (χ2v) is 6.02. The molecule has 1 amide bonds. The van der Waals surface area contributed by atoms with Crippen molar-refractivity contribution in [2.24, 2.45) is 5.92 Å². The fourth-order valence-electron chi connectivity index (χ4n) is 3.05. The third-order valence-corrected chi connectivity index (χ3v) is 4.43. The Kier molecular flexibility index (Phi) is 5.48. The van der Waals surface area contributed by atoms with Crippen LogP contribution in [0.25, 0.3) is 10.9 Å². The maximum absolute atomic E-state index is 12.4. The molecule has 0 aliphatic carbocycles. The molecule has 1 saturated heterocycles. The zero-order valence-corrected chi connectivity index (χ0v) is 14.3. The van der Waals surface area contributed by atoms with Gasteiger partial charge in [-0.2, -0.15) is 0 Å². The van der Waals surface area contributed by atoms with Gasteiger partial charge >= 0.3 is 5.97 Å². The van der Waals surface area contributed by atoms with Gasteiger partial charge in [-0.05, 0) is 38.0 Å². The lowest BCUT2D eigenvalue weighted by Crippen LogP contribution is -2.42. The number of hydrogen-bond acceptors (Lipinski definition) is 5. The van der Waals surface area contributed by atoms with Crippen LogP contribution in [-0.4, -0.2) is 48.1 Å². The summed E-state index contributed by atoms with van der Waals surface area (Å²) in [6.45, 7) is 3.30. The van der Waals surface area contributed by atoms with Crippen molar-refractivity contribution in [1.29, 1.82) is 0 Å². The van der Waals surface area contributed by atoms with E-state index in [9.17, 15) is 9.59 Å². The van der Waals surface area contributed by atoms with Crippen molar-refractivity contribution in [3.05, 3.63) is 36.5 Å². The summed E-state index contributed by atoms with van der Waals surface area (Å²) in [5.74, 6) is 0.326. The lowest BCUT2D eigenvalue weighted by Gasteiger charge is -2.30. The lowest BCUT2D eigenvalue weighted by molar-refractivity contribution is -0.151. The van der Waals surface area contributed by atoms with Crippen LogP contribution in [0.1, 0.15) is 19.8 Å². The van der Waals surface area contributed by atoms with Gasteiger partial charge in [0.1, 0.15) is 5.75 Å². The number of carbonyl (C=O) groups excluding carboxylic acids is 2. The van der Waals surface area contributed by atoms with Gasteiger partial charge in [0.15, 0.2) is 6.61 Å². The van der Waals surface area contributed by atoms with E-state index in [1.165, 1.54) is 0 Å². The second kappa shape index (κ2) is 7.96. The van der Waals surface area contributed by atoms with Crippen molar-refractivity contribution < 1.29 is 19.1 Å². The Morgan fingerprint density at radius 3 is 2.72 bits per heavy atom. The summed E-state index contributed by atoms with van der Waals surface area (Å²) in [6, 6.07) is 9.43. The molecule has 1 aromatic carbocycles. The Hall–Kier alpha value is -2.63. The largest absolute Gasteiger partial charge is 0.483 e. The number of likely N-dealkylation sites (tertiary alicyclic amines) is 1. The fraction of sp³-hybridized carbons (Fsp3) is 0.421. The van der Waals surface area contributed by atoms with Gasteiger partial charge in [-0.3, -0.25) is 14.6 Å².